The van der Waals surface area contributed by atoms with Crippen molar-refractivity contribution < 1.29 is 4.79 Å². The minimum Gasteiger partial charge on any atom is -0.355 e. The first kappa shape index (κ1) is 18.2. The molecule has 1 heterocycles. The van der Waals surface area contributed by atoms with Gasteiger partial charge in [-0.1, -0.05) is 37.3 Å². The highest BCUT2D eigenvalue weighted by atomic mass is 16.2. The summed E-state index contributed by atoms with van der Waals surface area (Å²) in [6, 6.07) is 12.3. The average Bonchev–Trinajstić information content (AvgIpc) is 2.83. The molecule has 2 aromatic rings. The molecule has 5 nitrogen and oxygen atoms in total. The van der Waals surface area contributed by atoms with Gasteiger partial charge in [0.05, 0.1) is 12.2 Å². The van der Waals surface area contributed by atoms with Gasteiger partial charge in [0, 0.05) is 25.3 Å². The number of hydrogen-bond acceptors (Lipinski definition) is 3. The van der Waals surface area contributed by atoms with Gasteiger partial charge < -0.3 is 5.32 Å². The third kappa shape index (κ3) is 5.81. The Balaban J connectivity index is 1.71. The zero-order valence-electron chi connectivity index (χ0n) is 15.1. The molecule has 0 saturated heterocycles. The second-order valence-electron chi connectivity index (χ2n) is 6.68. The minimum atomic E-state index is 0.0636. The van der Waals surface area contributed by atoms with E-state index in [2.05, 4.69) is 42.5 Å². The Kier molecular flexibility index (Phi) is 6.55. The van der Waals surface area contributed by atoms with Gasteiger partial charge in [-0.25, -0.2) is 0 Å². The van der Waals surface area contributed by atoms with E-state index >= 15 is 0 Å². The summed E-state index contributed by atoms with van der Waals surface area (Å²) in [7, 11) is 1.96. The van der Waals surface area contributed by atoms with Crippen molar-refractivity contribution in [1.29, 1.82) is 0 Å². The highest BCUT2D eigenvalue weighted by molar-refractivity contribution is 5.77. The lowest BCUT2D eigenvalue weighted by Gasteiger charge is -2.18. The summed E-state index contributed by atoms with van der Waals surface area (Å²) in [6.45, 7) is 8.85. The molecule has 1 aromatic heterocycles. The Bertz CT molecular complexity index is 651. The number of likely N-dealkylation sites (N-methyl/N-ethyl adjacent to an activating group) is 1. The van der Waals surface area contributed by atoms with E-state index in [4.69, 9.17) is 0 Å². The van der Waals surface area contributed by atoms with Crippen molar-refractivity contribution in [2.45, 2.75) is 33.9 Å². The highest BCUT2D eigenvalue weighted by Crippen LogP contribution is 2.06. The van der Waals surface area contributed by atoms with Crippen LogP contribution in [-0.4, -0.2) is 40.7 Å². The van der Waals surface area contributed by atoms with Gasteiger partial charge in [-0.05, 0) is 38.4 Å². The Hall–Kier alpha value is -2.14. The average molecular weight is 328 g/mol. The van der Waals surface area contributed by atoms with Crippen molar-refractivity contribution in [3.63, 3.8) is 0 Å². The Morgan fingerprint density at radius 3 is 2.62 bits per heavy atom. The predicted octanol–water partition coefficient (Wildman–Crippen LogP) is 2.38. The number of rotatable bonds is 8. The van der Waals surface area contributed by atoms with Crippen molar-refractivity contribution in [3.8, 4) is 0 Å². The molecule has 1 N–H and O–H groups in total. The van der Waals surface area contributed by atoms with Gasteiger partial charge in [-0.2, -0.15) is 5.10 Å². The van der Waals surface area contributed by atoms with Crippen LogP contribution in [0.2, 0.25) is 0 Å². The summed E-state index contributed by atoms with van der Waals surface area (Å²) < 4.78 is 2.01. The van der Waals surface area contributed by atoms with Crippen molar-refractivity contribution in [2.75, 3.05) is 20.1 Å². The molecule has 0 spiro atoms. The lowest BCUT2D eigenvalue weighted by Crippen LogP contribution is -2.37. The summed E-state index contributed by atoms with van der Waals surface area (Å²) >= 11 is 0. The van der Waals surface area contributed by atoms with Gasteiger partial charge in [-0.15, -0.1) is 0 Å². The fourth-order valence-electron chi connectivity index (χ4n) is 2.76. The number of carbonyl (C=O) groups is 1. The molecule has 0 aliphatic carbocycles. The van der Waals surface area contributed by atoms with Crippen LogP contribution in [0.15, 0.2) is 36.4 Å². The van der Waals surface area contributed by atoms with Crippen LogP contribution >= 0.6 is 0 Å². The molecule has 0 aliphatic rings. The smallest absolute Gasteiger partial charge is 0.234 e. The largest absolute Gasteiger partial charge is 0.355 e. The van der Waals surface area contributed by atoms with Crippen LogP contribution in [0.4, 0.5) is 0 Å². The van der Waals surface area contributed by atoms with E-state index in [0.29, 0.717) is 19.0 Å². The number of aromatic nitrogens is 2. The highest BCUT2D eigenvalue weighted by Gasteiger charge is 2.11. The molecule has 1 aromatic carbocycles. The summed E-state index contributed by atoms with van der Waals surface area (Å²) in [6.07, 6.45) is 0. The molecule has 2 rings (SSSR count). The topological polar surface area (TPSA) is 50.2 Å². The first-order valence-electron chi connectivity index (χ1n) is 8.44. The Morgan fingerprint density at radius 1 is 1.29 bits per heavy atom. The lowest BCUT2D eigenvalue weighted by atomic mass is 10.2. The normalized spacial score (nSPS) is 12.4. The molecule has 1 amide bonds. The van der Waals surface area contributed by atoms with E-state index in [9.17, 15) is 4.79 Å². The van der Waals surface area contributed by atoms with Crippen molar-refractivity contribution in [1.82, 2.24) is 20.0 Å². The molecule has 0 saturated carbocycles. The van der Waals surface area contributed by atoms with E-state index in [0.717, 1.165) is 24.5 Å². The number of carbonyl (C=O) groups excluding carboxylic acids is 1. The number of hydrogen-bond donors (Lipinski definition) is 1. The van der Waals surface area contributed by atoms with Crippen LogP contribution in [-0.2, 0) is 17.9 Å². The van der Waals surface area contributed by atoms with E-state index in [1.165, 1.54) is 5.56 Å². The first-order chi connectivity index (χ1) is 11.4. The van der Waals surface area contributed by atoms with Crippen LogP contribution in [0.25, 0.3) is 0 Å². The third-order valence-corrected chi connectivity index (χ3v) is 3.94. The molecule has 0 unspecified atom stereocenters. The number of nitrogens with one attached hydrogen (secondary N) is 1. The fraction of sp³-hybridized carbons (Fsp3) is 0.474. The minimum absolute atomic E-state index is 0.0636. The molecule has 5 heteroatoms. The summed E-state index contributed by atoms with van der Waals surface area (Å²) in [4.78, 5) is 14.1. The number of benzene rings is 1. The molecule has 0 aliphatic heterocycles. The van der Waals surface area contributed by atoms with Crippen LogP contribution in [0.1, 0.15) is 23.9 Å². The quantitative estimate of drug-likeness (QED) is 0.809. The van der Waals surface area contributed by atoms with Gasteiger partial charge >= 0.3 is 0 Å². The summed E-state index contributed by atoms with van der Waals surface area (Å²) in [5.74, 6) is 0.403. The van der Waals surface area contributed by atoms with Crippen LogP contribution in [0.3, 0.4) is 0 Å². The SMILES string of the molecule is Cc1cc(C)n(C[C@H](C)CNC(=O)CN(C)Cc2ccccc2)n1. The molecule has 0 radical (unpaired) electrons. The molecule has 24 heavy (non-hydrogen) atoms. The standard InChI is InChI=1S/C19H28N4O/c1-15(12-23-17(3)10-16(2)21-23)11-20-19(24)14-22(4)13-18-8-6-5-7-9-18/h5-10,15H,11-14H2,1-4H3,(H,20,24)/t15-/m1/s1. The zero-order valence-corrected chi connectivity index (χ0v) is 15.1. The lowest BCUT2D eigenvalue weighted by molar-refractivity contribution is -0.122. The van der Waals surface area contributed by atoms with Crippen molar-refractivity contribution in [3.05, 3.63) is 53.3 Å². The monoisotopic (exact) mass is 328 g/mol. The molecule has 130 valence electrons. The van der Waals surface area contributed by atoms with Gasteiger partial charge in [0.25, 0.3) is 0 Å². The van der Waals surface area contributed by atoms with Crippen molar-refractivity contribution >= 4 is 5.91 Å². The van der Waals surface area contributed by atoms with E-state index in [1.807, 2.05) is 41.8 Å². The maximum atomic E-state index is 12.1. The number of aryl methyl sites for hydroxylation is 2. The maximum Gasteiger partial charge on any atom is 0.234 e. The molecule has 0 bridgehead atoms. The second-order valence-corrected chi connectivity index (χ2v) is 6.68. The maximum absolute atomic E-state index is 12.1. The molecule has 0 fully saturated rings. The predicted molar refractivity (Wildman–Crippen MR) is 96.7 cm³/mol. The van der Waals surface area contributed by atoms with Gasteiger partial charge in [-0.3, -0.25) is 14.4 Å². The van der Waals surface area contributed by atoms with Gasteiger partial charge in [0.2, 0.25) is 5.91 Å². The van der Waals surface area contributed by atoms with E-state index in [1.54, 1.807) is 0 Å². The number of nitrogens with zero attached hydrogens (tertiary/aromatic N) is 3. The van der Waals surface area contributed by atoms with Gasteiger partial charge in [0.1, 0.15) is 0 Å². The first-order valence-corrected chi connectivity index (χ1v) is 8.44. The molecular weight excluding hydrogens is 300 g/mol. The van der Waals surface area contributed by atoms with Crippen molar-refractivity contribution in [2.24, 2.45) is 5.92 Å². The fourth-order valence-corrected chi connectivity index (χ4v) is 2.76. The zero-order chi connectivity index (χ0) is 17.5. The van der Waals surface area contributed by atoms with Crippen LogP contribution < -0.4 is 5.32 Å². The summed E-state index contributed by atoms with van der Waals surface area (Å²) in [5.41, 5.74) is 3.41. The second kappa shape index (κ2) is 8.64. The molecule has 1 atom stereocenters. The third-order valence-electron chi connectivity index (χ3n) is 3.94. The van der Waals surface area contributed by atoms with Gasteiger partial charge in [0.15, 0.2) is 0 Å². The van der Waals surface area contributed by atoms with Crippen LogP contribution in [0.5, 0.6) is 0 Å². The van der Waals surface area contributed by atoms with E-state index < -0.39 is 0 Å². The molecular formula is C19H28N4O. The van der Waals surface area contributed by atoms with E-state index in [-0.39, 0.29) is 5.91 Å². The Labute approximate surface area is 144 Å². The van der Waals surface area contributed by atoms with Crippen LogP contribution in [0, 0.1) is 19.8 Å². The Morgan fingerprint density at radius 2 is 2.00 bits per heavy atom. The number of amides is 1. The summed E-state index contributed by atoms with van der Waals surface area (Å²) in [5, 5.41) is 7.49.